The molecule has 0 saturated heterocycles. The van der Waals surface area contributed by atoms with Crippen LogP contribution in [0.1, 0.15) is 31.2 Å². The van der Waals surface area contributed by atoms with Gasteiger partial charge in [-0.05, 0) is 43.6 Å². The largest absolute Gasteiger partial charge is 0.481 e. The molecule has 92 valence electrons. The number of pyridine rings is 1. The van der Waals surface area contributed by atoms with E-state index in [-0.39, 0.29) is 0 Å². The summed E-state index contributed by atoms with van der Waals surface area (Å²) in [6.45, 7) is 0.884. The van der Waals surface area contributed by atoms with E-state index in [1.165, 1.54) is 31.2 Å². The van der Waals surface area contributed by atoms with Gasteiger partial charge in [0.2, 0.25) is 5.88 Å². The maximum absolute atomic E-state index is 5.28. The molecule has 3 rings (SSSR count). The number of hydrogen-bond donors (Lipinski definition) is 1. The maximum Gasteiger partial charge on any atom is 0.217 e. The molecule has 17 heavy (non-hydrogen) atoms. The average molecular weight is 232 g/mol. The first kappa shape index (κ1) is 11.0. The predicted octanol–water partition coefficient (Wildman–Crippen LogP) is 2.37. The van der Waals surface area contributed by atoms with E-state index in [1.807, 2.05) is 6.07 Å². The summed E-state index contributed by atoms with van der Waals surface area (Å²) in [5.41, 5.74) is 1.17. The van der Waals surface area contributed by atoms with Crippen LogP contribution in [0.5, 0.6) is 5.88 Å². The summed E-state index contributed by atoms with van der Waals surface area (Å²) >= 11 is 0. The molecular weight excluding hydrogens is 212 g/mol. The van der Waals surface area contributed by atoms with Gasteiger partial charge in [0.05, 0.1) is 7.11 Å². The van der Waals surface area contributed by atoms with Crippen LogP contribution in [0.25, 0.3) is 0 Å². The quantitative estimate of drug-likeness (QED) is 0.817. The number of methoxy groups -OCH3 is 1. The van der Waals surface area contributed by atoms with Crippen molar-refractivity contribution >= 4 is 0 Å². The number of ether oxygens (including phenoxy) is 1. The first-order valence-corrected chi connectivity index (χ1v) is 6.59. The van der Waals surface area contributed by atoms with Crippen molar-refractivity contribution in [3.05, 3.63) is 23.9 Å². The zero-order valence-electron chi connectivity index (χ0n) is 10.4. The Labute approximate surface area is 103 Å². The third-order valence-electron chi connectivity index (χ3n) is 3.83. The van der Waals surface area contributed by atoms with Gasteiger partial charge in [-0.25, -0.2) is 4.98 Å². The lowest BCUT2D eigenvalue weighted by Crippen LogP contribution is -2.32. The molecule has 0 radical (unpaired) electrons. The van der Waals surface area contributed by atoms with Crippen molar-refractivity contribution in [2.75, 3.05) is 7.11 Å². The van der Waals surface area contributed by atoms with Gasteiger partial charge in [-0.1, -0.05) is 6.07 Å². The zero-order chi connectivity index (χ0) is 11.7. The standard InChI is InChI=1S/C14H20N2O/c1-17-14-12(3-2-8-15-14)9-16-13(10-4-5-10)11-6-7-11/h2-3,8,10-11,13,16H,4-7,9H2,1H3. The molecule has 1 N–H and O–H groups in total. The third kappa shape index (κ3) is 2.60. The summed E-state index contributed by atoms with van der Waals surface area (Å²) in [7, 11) is 1.69. The molecule has 0 bridgehead atoms. The van der Waals surface area contributed by atoms with E-state index in [4.69, 9.17) is 4.74 Å². The van der Waals surface area contributed by atoms with Gasteiger partial charge in [0.1, 0.15) is 0 Å². The van der Waals surface area contributed by atoms with E-state index in [0.29, 0.717) is 0 Å². The molecule has 1 aromatic rings. The van der Waals surface area contributed by atoms with E-state index >= 15 is 0 Å². The smallest absolute Gasteiger partial charge is 0.217 e. The Morgan fingerprint density at radius 2 is 2.06 bits per heavy atom. The van der Waals surface area contributed by atoms with Crippen molar-refractivity contribution in [1.82, 2.24) is 10.3 Å². The van der Waals surface area contributed by atoms with Crippen LogP contribution in [0.3, 0.4) is 0 Å². The summed E-state index contributed by atoms with van der Waals surface area (Å²) in [6, 6.07) is 4.80. The van der Waals surface area contributed by atoms with Crippen molar-refractivity contribution in [2.24, 2.45) is 11.8 Å². The zero-order valence-corrected chi connectivity index (χ0v) is 10.4. The molecule has 1 heterocycles. The van der Waals surface area contributed by atoms with Crippen LogP contribution in [0.2, 0.25) is 0 Å². The summed E-state index contributed by atoms with van der Waals surface area (Å²) in [6.07, 6.45) is 7.44. The SMILES string of the molecule is COc1ncccc1CNC(C1CC1)C1CC1. The Balaban J connectivity index is 1.61. The Hall–Kier alpha value is -1.09. The van der Waals surface area contributed by atoms with Crippen molar-refractivity contribution in [1.29, 1.82) is 0 Å². The number of aromatic nitrogens is 1. The van der Waals surface area contributed by atoms with Crippen LogP contribution < -0.4 is 10.1 Å². The number of rotatable bonds is 6. The highest BCUT2D eigenvalue weighted by atomic mass is 16.5. The Morgan fingerprint density at radius 1 is 1.35 bits per heavy atom. The van der Waals surface area contributed by atoms with Crippen LogP contribution in [-0.2, 0) is 6.54 Å². The van der Waals surface area contributed by atoms with Gasteiger partial charge in [0, 0.05) is 24.3 Å². The minimum Gasteiger partial charge on any atom is -0.481 e. The fraction of sp³-hybridized carbons (Fsp3) is 0.643. The number of nitrogens with one attached hydrogen (secondary N) is 1. The first-order valence-electron chi connectivity index (χ1n) is 6.59. The van der Waals surface area contributed by atoms with Crippen LogP contribution >= 0.6 is 0 Å². The van der Waals surface area contributed by atoms with E-state index in [0.717, 1.165) is 30.3 Å². The molecule has 2 aliphatic rings. The molecule has 0 unspecified atom stereocenters. The molecule has 2 aliphatic carbocycles. The van der Waals surface area contributed by atoms with E-state index < -0.39 is 0 Å². The normalized spacial score (nSPS) is 19.6. The molecule has 2 fully saturated rings. The summed E-state index contributed by atoms with van der Waals surface area (Å²) in [5, 5.41) is 3.71. The highest BCUT2D eigenvalue weighted by molar-refractivity contribution is 5.25. The second-order valence-electron chi connectivity index (χ2n) is 5.25. The van der Waals surface area contributed by atoms with Gasteiger partial charge in [0.15, 0.2) is 0 Å². The highest BCUT2D eigenvalue weighted by Gasteiger charge is 2.40. The number of hydrogen-bond acceptors (Lipinski definition) is 3. The van der Waals surface area contributed by atoms with Crippen molar-refractivity contribution in [3.63, 3.8) is 0 Å². The van der Waals surface area contributed by atoms with Crippen molar-refractivity contribution in [3.8, 4) is 5.88 Å². The molecule has 0 aromatic carbocycles. The molecule has 0 amide bonds. The van der Waals surface area contributed by atoms with E-state index in [9.17, 15) is 0 Å². The molecule has 0 atom stereocenters. The molecular formula is C14H20N2O. The second-order valence-corrected chi connectivity index (χ2v) is 5.25. The Kier molecular flexibility index (Phi) is 3.02. The van der Waals surface area contributed by atoms with Gasteiger partial charge in [-0.15, -0.1) is 0 Å². The molecule has 0 aliphatic heterocycles. The van der Waals surface area contributed by atoms with Gasteiger partial charge in [0.25, 0.3) is 0 Å². The molecule has 3 heteroatoms. The van der Waals surface area contributed by atoms with Gasteiger partial charge >= 0.3 is 0 Å². The van der Waals surface area contributed by atoms with E-state index in [1.54, 1.807) is 13.3 Å². The second kappa shape index (κ2) is 4.65. The summed E-state index contributed by atoms with van der Waals surface area (Å²) < 4.78 is 5.28. The van der Waals surface area contributed by atoms with Crippen LogP contribution in [0, 0.1) is 11.8 Å². The molecule has 2 saturated carbocycles. The van der Waals surface area contributed by atoms with E-state index in [2.05, 4.69) is 16.4 Å². The lowest BCUT2D eigenvalue weighted by Gasteiger charge is -2.18. The van der Waals surface area contributed by atoms with Crippen LogP contribution in [0.15, 0.2) is 18.3 Å². The molecule has 1 aromatic heterocycles. The Morgan fingerprint density at radius 3 is 2.65 bits per heavy atom. The third-order valence-corrected chi connectivity index (χ3v) is 3.83. The molecule has 0 spiro atoms. The topological polar surface area (TPSA) is 34.1 Å². The lowest BCUT2D eigenvalue weighted by molar-refractivity contribution is 0.378. The number of nitrogens with zero attached hydrogens (tertiary/aromatic N) is 1. The monoisotopic (exact) mass is 232 g/mol. The average Bonchev–Trinajstić information content (AvgIpc) is 3.23. The maximum atomic E-state index is 5.28. The van der Waals surface area contributed by atoms with Gasteiger partial charge < -0.3 is 10.1 Å². The van der Waals surface area contributed by atoms with Crippen molar-refractivity contribution < 1.29 is 4.74 Å². The van der Waals surface area contributed by atoms with Crippen LogP contribution in [-0.4, -0.2) is 18.1 Å². The first-order chi connectivity index (χ1) is 8.38. The van der Waals surface area contributed by atoms with Crippen molar-refractivity contribution in [2.45, 2.75) is 38.3 Å². The lowest BCUT2D eigenvalue weighted by atomic mass is 10.1. The minimum absolute atomic E-state index is 0.736. The van der Waals surface area contributed by atoms with Crippen LogP contribution in [0.4, 0.5) is 0 Å². The van der Waals surface area contributed by atoms with Gasteiger partial charge in [-0.3, -0.25) is 0 Å². The van der Waals surface area contributed by atoms with Gasteiger partial charge in [-0.2, -0.15) is 0 Å². The summed E-state index contributed by atoms with van der Waals surface area (Å²) in [4.78, 5) is 4.23. The molecule has 3 nitrogen and oxygen atoms in total. The fourth-order valence-corrected chi connectivity index (χ4v) is 2.60. The highest BCUT2D eigenvalue weighted by Crippen LogP contribution is 2.44. The minimum atomic E-state index is 0.736. The fourth-order valence-electron chi connectivity index (χ4n) is 2.60. The Bertz CT molecular complexity index is 374. The summed E-state index contributed by atoms with van der Waals surface area (Å²) in [5.74, 6) is 2.63. The predicted molar refractivity (Wildman–Crippen MR) is 66.9 cm³/mol.